The molecule has 2 spiro atoms. The minimum Gasteiger partial charge on any atom is -0.392 e. The Hall–Kier alpha value is -2.25. The second-order valence-corrected chi connectivity index (χ2v) is 11.6. The summed E-state index contributed by atoms with van der Waals surface area (Å²) in [5.74, 6) is -0.481. The lowest BCUT2D eigenvalue weighted by Gasteiger charge is -2.49. The van der Waals surface area contributed by atoms with E-state index in [-0.39, 0.29) is 11.3 Å². The molecule has 1 aromatic carbocycles. The van der Waals surface area contributed by atoms with Crippen LogP contribution in [-0.2, 0) is 15.7 Å². The molecule has 0 radical (unpaired) electrons. The van der Waals surface area contributed by atoms with Gasteiger partial charge in [-0.05, 0) is 48.4 Å². The summed E-state index contributed by atoms with van der Waals surface area (Å²) in [6.45, 7) is 4.91. The number of hydrogen-bond acceptors (Lipinski definition) is 6. The number of halogens is 3. The molecule has 2 aliphatic carbocycles. The maximum atomic E-state index is 13.5. The van der Waals surface area contributed by atoms with Crippen LogP contribution in [0.5, 0.6) is 0 Å². The van der Waals surface area contributed by atoms with Crippen LogP contribution in [0.3, 0.4) is 0 Å². The molecule has 0 bridgehead atoms. The molecule has 1 aromatic rings. The molecule has 2 unspecified atom stereocenters. The maximum absolute atomic E-state index is 13.5. The van der Waals surface area contributed by atoms with Crippen molar-refractivity contribution in [2.45, 2.75) is 82.1 Å². The second kappa shape index (κ2) is 8.37. The lowest BCUT2D eigenvalue weighted by atomic mass is 9.62. The zero-order valence-corrected chi connectivity index (χ0v) is 20.9. The van der Waals surface area contributed by atoms with Crippen LogP contribution in [0.4, 0.5) is 13.2 Å². The van der Waals surface area contributed by atoms with E-state index < -0.39 is 53.2 Å². The van der Waals surface area contributed by atoms with Gasteiger partial charge in [-0.1, -0.05) is 19.9 Å². The van der Waals surface area contributed by atoms with E-state index in [1.807, 2.05) is 13.8 Å². The molecule has 5 aliphatic rings. The average molecular weight is 517 g/mol. The highest BCUT2D eigenvalue weighted by Gasteiger charge is 2.64. The number of nitrogens with zero attached hydrogens (tertiary/aromatic N) is 2. The molecule has 6 rings (SSSR count). The summed E-state index contributed by atoms with van der Waals surface area (Å²) in [5, 5.41) is 32.4. The lowest BCUT2D eigenvalue weighted by molar-refractivity contribution is -0.137. The summed E-state index contributed by atoms with van der Waals surface area (Å²) in [5.41, 5.74) is 0.425. The molecule has 198 valence electrons. The highest BCUT2D eigenvalue weighted by Crippen LogP contribution is 2.63. The Morgan fingerprint density at radius 3 is 2.43 bits per heavy atom. The van der Waals surface area contributed by atoms with Gasteiger partial charge in [0, 0.05) is 48.7 Å². The summed E-state index contributed by atoms with van der Waals surface area (Å²) in [6, 6.07) is 4.80. The third-order valence-electron chi connectivity index (χ3n) is 9.14. The molecule has 3 fully saturated rings. The number of alkyl halides is 3. The van der Waals surface area contributed by atoms with Gasteiger partial charge < -0.3 is 19.7 Å². The molecule has 0 amide bonds. The van der Waals surface area contributed by atoms with Gasteiger partial charge in [-0.3, -0.25) is 4.99 Å². The molecule has 3 aliphatic heterocycles. The van der Waals surface area contributed by atoms with Crippen molar-refractivity contribution in [3.63, 3.8) is 0 Å². The number of hydrogen-bond donors (Lipinski definition) is 2. The van der Waals surface area contributed by atoms with E-state index in [1.165, 1.54) is 12.1 Å². The van der Waals surface area contributed by atoms with Crippen LogP contribution in [0.1, 0.15) is 68.7 Å². The molecule has 37 heavy (non-hydrogen) atoms. The minimum absolute atomic E-state index is 0.0432. The smallest absolute Gasteiger partial charge is 0.392 e. The number of benzene rings is 1. The first-order valence-corrected chi connectivity index (χ1v) is 13.1. The summed E-state index contributed by atoms with van der Waals surface area (Å²) in [7, 11) is 0. The fourth-order valence-corrected chi connectivity index (χ4v) is 7.19. The van der Waals surface area contributed by atoms with Crippen LogP contribution in [0.25, 0.3) is 0 Å². The predicted octanol–water partition coefficient (Wildman–Crippen LogP) is 4.50. The van der Waals surface area contributed by atoms with Gasteiger partial charge in [0.05, 0.1) is 41.0 Å². The molecule has 2 N–H and O–H groups in total. The van der Waals surface area contributed by atoms with Crippen molar-refractivity contribution >= 4 is 5.71 Å². The molecule has 3 heterocycles. The Kier molecular flexibility index (Phi) is 5.67. The molecule has 2 saturated carbocycles. The number of dihydropyridines is 1. The Balaban J connectivity index is 1.53. The summed E-state index contributed by atoms with van der Waals surface area (Å²) >= 11 is 0. The number of fused-ring (bicyclic) bond motifs is 3. The third-order valence-corrected chi connectivity index (χ3v) is 9.14. The van der Waals surface area contributed by atoms with Gasteiger partial charge in [0.1, 0.15) is 6.10 Å². The number of nitriles is 1. The molecule has 9 heteroatoms. The van der Waals surface area contributed by atoms with Crippen molar-refractivity contribution in [2.24, 2.45) is 22.2 Å². The molecule has 6 nitrogen and oxygen atoms in total. The van der Waals surface area contributed by atoms with E-state index >= 15 is 0 Å². The molecule has 1 saturated heterocycles. The second-order valence-electron chi connectivity index (χ2n) is 11.6. The summed E-state index contributed by atoms with van der Waals surface area (Å²) < 4.78 is 53.0. The van der Waals surface area contributed by atoms with Crippen molar-refractivity contribution in [1.82, 2.24) is 0 Å². The average Bonchev–Trinajstić information content (AvgIpc) is 3.57. The first kappa shape index (κ1) is 25.1. The van der Waals surface area contributed by atoms with Gasteiger partial charge in [0.25, 0.3) is 0 Å². The largest absolute Gasteiger partial charge is 0.417 e. The fourth-order valence-electron chi connectivity index (χ4n) is 7.19. The zero-order valence-electron chi connectivity index (χ0n) is 20.9. The quantitative estimate of drug-likeness (QED) is 0.604. The van der Waals surface area contributed by atoms with Crippen LogP contribution >= 0.6 is 0 Å². The van der Waals surface area contributed by atoms with Gasteiger partial charge in [-0.25, -0.2) is 0 Å². The number of aliphatic hydroxyl groups excluding tert-OH is 2. The first-order valence-electron chi connectivity index (χ1n) is 13.1. The lowest BCUT2D eigenvalue weighted by Crippen LogP contribution is -2.56. The Bertz CT molecular complexity index is 1220. The third kappa shape index (κ3) is 3.71. The number of ether oxygens (including phenoxy) is 2. The minimum atomic E-state index is -4.64. The van der Waals surface area contributed by atoms with Gasteiger partial charge in [-0.15, -0.1) is 0 Å². The van der Waals surface area contributed by atoms with Crippen molar-refractivity contribution in [2.75, 3.05) is 13.2 Å². The van der Waals surface area contributed by atoms with Crippen LogP contribution < -0.4 is 0 Å². The number of rotatable bonds is 2. The van der Waals surface area contributed by atoms with E-state index in [0.717, 1.165) is 35.8 Å². The van der Waals surface area contributed by atoms with E-state index in [2.05, 4.69) is 0 Å². The van der Waals surface area contributed by atoms with Crippen molar-refractivity contribution in [1.29, 1.82) is 5.26 Å². The number of aliphatic hydroxyl groups is 2. The van der Waals surface area contributed by atoms with Crippen molar-refractivity contribution in [3.8, 4) is 6.07 Å². The fraction of sp³-hybridized carbons (Fsp3) is 0.643. The van der Waals surface area contributed by atoms with E-state index in [4.69, 9.17) is 14.5 Å². The molecular weight excluding hydrogens is 485 g/mol. The topological polar surface area (TPSA) is 95.1 Å². The summed E-state index contributed by atoms with van der Waals surface area (Å²) in [4.78, 5) is 5.06. The molecule has 5 atom stereocenters. The van der Waals surface area contributed by atoms with E-state index in [9.17, 15) is 28.6 Å². The van der Waals surface area contributed by atoms with Crippen LogP contribution in [0, 0.1) is 28.6 Å². The van der Waals surface area contributed by atoms with Crippen molar-refractivity contribution in [3.05, 3.63) is 46.0 Å². The number of aliphatic imine (C=N–C) groups is 1. The molecule has 0 aromatic heterocycles. The summed E-state index contributed by atoms with van der Waals surface area (Å²) in [6.07, 6.45) is -3.44. The van der Waals surface area contributed by atoms with Gasteiger partial charge in [0.15, 0.2) is 0 Å². The van der Waals surface area contributed by atoms with E-state index in [0.29, 0.717) is 38.0 Å². The highest BCUT2D eigenvalue weighted by atomic mass is 19.4. The van der Waals surface area contributed by atoms with Gasteiger partial charge in [-0.2, -0.15) is 18.4 Å². The Morgan fingerprint density at radius 1 is 1.14 bits per heavy atom. The SMILES string of the molecule is CC(C)C1=NC2C(C3=C1[C@@H](c1ccc(C(F)(F)F)c(C#N)c1)OC31CCOCC1)[C@@H](O)CC1(CC1)[C@H]2O. The Labute approximate surface area is 213 Å². The van der Waals surface area contributed by atoms with Gasteiger partial charge in [0.2, 0.25) is 0 Å². The Morgan fingerprint density at radius 2 is 1.84 bits per heavy atom. The van der Waals surface area contributed by atoms with Gasteiger partial charge >= 0.3 is 6.18 Å². The first-order chi connectivity index (χ1) is 17.5. The predicted molar refractivity (Wildman–Crippen MR) is 128 cm³/mol. The normalized spacial score (nSPS) is 33.8. The van der Waals surface area contributed by atoms with Crippen LogP contribution in [0.2, 0.25) is 0 Å². The standard InChI is InChI=1S/C28H31F3N2O4/c1-14(2)22-20-21(19-18(34)12-26(5-6-26)25(35)23(19)33-22)27(7-9-36-10-8-27)37-24(20)15-3-4-17(28(29,30)31)16(11-15)13-32/h3-4,11,14,18-19,23-25,34-35H,5-10,12H2,1-2H3/t18-,19?,23?,24+,25-/m0/s1. The highest BCUT2D eigenvalue weighted by molar-refractivity contribution is 6.05. The van der Waals surface area contributed by atoms with Crippen LogP contribution in [-0.4, -0.2) is 53.0 Å². The monoisotopic (exact) mass is 516 g/mol. The zero-order chi connectivity index (χ0) is 26.3. The van der Waals surface area contributed by atoms with Crippen molar-refractivity contribution < 1.29 is 32.9 Å². The van der Waals surface area contributed by atoms with Crippen LogP contribution in [0.15, 0.2) is 34.3 Å². The maximum Gasteiger partial charge on any atom is 0.417 e. The molecular formula is C28H31F3N2O4. The van der Waals surface area contributed by atoms with E-state index in [1.54, 1.807) is 6.07 Å².